The van der Waals surface area contributed by atoms with Crippen molar-refractivity contribution in [3.63, 3.8) is 0 Å². The van der Waals surface area contributed by atoms with Crippen LogP contribution in [0.5, 0.6) is 0 Å². The number of carbonyl (C=O) groups is 1. The Morgan fingerprint density at radius 1 is 1.33 bits per heavy atom. The van der Waals surface area contributed by atoms with Crippen LogP contribution in [0.15, 0.2) is 15.3 Å². The molecule has 24 heavy (non-hydrogen) atoms. The lowest BCUT2D eigenvalue weighted by molar-refractivity contribution is -0.383. The first kappa shape index (κ1) is 16.2. The van der Waals surface area contributed by atoms with Gasteiger partial charge in [0, 0.05) is 11.6 Å². The molecule has 1 aromatic heterocycles. The average Bonchev–Trinajstić information content (AvgIpc) is 2.54. The van der Waals surface area contributed by atoms with Crippen LogP contribution >= 0.6 is 0 Å². The van der Waals surface area contributed by atoms with E-state index in [4.69, 9.17) is 9.52 Å². The predicted molar refractivity (Wildman–Crippen MR) is 86.7 cm³/mol. The Balaban J connectivity index is 2.53. The topological polar surface area (TPSA) is 111 Å². The van der Waals surface area contributed by atoms with E-state index < -0.39 is 22.1 Å². The number of nitro groups is 1. The Morgan fingerprint density at radius 3 is 2.58 bits per heavy atom. The predicted octanol–water partition coefficient (Wildman–Crippen LogP) is 3.23. The lowest BCUT2D eigenvalue weighted by atomic mass is 9.84. The van der Waals surface area contributed by atoms with Crippen LogP contribution < -0.4 is 5.43 Å². The molecule has 1 N–H and O–H groups in total. The van der Waals surface area contributed by atoms with Gasteiger partial charge in [0.25, 0.3) is 5.69 Å². The largest absolute Gasteiger partial charge is 0.475 e. The summed E-state index contributed by atoms with van der Waals surface area (Å²) in [6.07, 6.45) is 4.34. The third kappa shape index (κ3) is 2.46. The Kier molecular flexibility index (Phi) is 4.09. The quantitative estimate of drug-likeness (QED) is 0.680. The van der Waals surface area contributed by atoms with Gasteiger partial charge in [-0.1, -0.05) is 13.3 Å². The molecule has 126 valence electrons. The van der Waals surface area contributed by atoms with Crippen LogP contribution in [0.2, 0.25) is 0 Å². The van der Waals surface area contributed by atoms with Crippen molar-refractivity contribution < 1.29 is 19.2 Å². The summed E-state index contributed by atoms with van der Waals surface area (Å²) in [6.45, 7) is 1.96. The standard InChI is InChI=1S/C17H17NO6/c1-2-5-11-9-6-3-4-7-10(9)15(18(22)23)14-12(19)8-13(17(20)21)24-16(11)14/h8H,2-7H2,1H3,(H,20,21). The van der Waals surface area contributed by atoms with Gasteiger partial charge in [-0.05, 0) is 43.2 Å². The minimum atomic E-state index is -1.36. The van der Waals surface area contributed by atoms with Gasteiger partial charge in [-0.3, -0.25) is 14.9 Å². The fraction of sp³-hybridized carbons (Fsp3) is 0.412. The molecule has 3 rings (SSSR count). The van der Waals surface area contributed by atoms with Crippen molar-refractivity contribution in [2.45, 2.75) is 45.4 Å². The maximum absolute atomic E-state index is 12.4. The molecule has 0 saturated heterocycles. The number of carboxylic acids is 1. The Labute approximate surface area is 137 Å². The van der Waals surface area contributed by atoms with Crippen LogP contribution in [0.4, 0.5) is 5.69 Å². The van der Waals surface area contributed by atoms with Crippen molar-refractivity contribution in [3.05, 3.63) is 48.9 Å². The van der Waals surface area contributed by atoms with Gasteiger partial charge >= 0.3 is 5.97 Å². The van der Waals surface area contributed by atoms with E-state index in [1.54, 1.807) is 0 Å². The van der Waals surface area contributed by atoms with E-state index >= 15 is 0 Å². The maximum atomic E-state index is 12.4. The molecule has 0 spiro atoms. The van der Waals surface area contributed by atoms with E-state index in [1.165, 1.54) is 0 Å². The highest BCUT2D eigenvalue weighted by Gasteiger charge is 2.31. The number of rotatable bonds is 4. The zero-order chi connectivity index (χ0) is 17.4. The highest BCUT2D eigenvalue weighted by molar-refractivity contribution is 5.94. The van der Waals surface area contributed by atoms with Gasteiger partial charge in [-0.15, -0.1) is 0 Å². The second kappa shape index (κ2) is 6.07. The Hall–Kier alpha value is -2.70. The van der Waals surface area contributed by atoms with E-state index in [9.17, 15) is 19.7 Å². The fourth-order valence-electron chi connectivity index (χ4n) is 3.54. The zero-order valence-corrected chi connectivity index (χ0v) is 13.3. The van der Waals surface area contributed by atoms with E-state index in [-0.39, 0.29) is 16.7 Å². The molecule has 0 bridgehead atoms. The van der Waals surface area contributed by atoms with Crippen LogP contribution in [0.1, 0.15) is 53.4 Å². The van der Waals surface area contributed by atoms with Crippen molar-refractivity contribution in [2.75, 3.05) is 0 Å². The summed E-state index contributed by atoms with van der Waals surface area (Å²) < 4.78 is 5.44. The normalized spacial score (nSPS) is 13.7. The SMILES string of the molecule is CCCc1c2c(c([N+](=O)[O-])c3c(=O)cc(C(=O)O)oc13)CCCC2. The molecule has 2 aromatic rings. The molecule has 0 aliphatic heterocycles. The maximum Gasteiger partial charge on any atom is 0.371 e. The summed E-state index contributed by atoms with van der Waals surface area (Å²) in [5.41, 5.74) is 1.38. The van der Waals surface area contributed by atoms with Crippen LogP contribution in [0, 0.1) is 10.1 Å². The fourth-order valence-corrected chi connectivity index (χ4v) is 3.54. The molecule has 1 aliphatic carbocycles. The highest BCUT2D eigenvalue weighted by atomic mass is 16.6. The molecule has 0 fully saturated rings. The molecule has 0 amide bonds. The number of carboxylic acid groups (broad SMARTS) is 1. The second-order valence-corrected chi connectivity index (χ2v) is 5.98. The number of aromatic carboxylic acids is 1. The van der Waals surface area contributed by atoms with Crippen molar-refractivity contribution in [1.82, 2.24) is 0 Å². The third-order valence-electron chi connectivity index (χ3n) is 4.47. The van der Waals surface area contributed by atoms with E-state index in [1.807, 2.05) is 6.92 Å². The number of nitrogens with zero attached hydrogens (tertiary/aromatic N) is 1. The van der Waals surface area contributed by atoms with Crippen LogP contribution in [-0.2, 0) is 19.3 Å². The summed E-state index contributed by atoms with van der Waals surface area (Å²) in [5, 5.41) is 20.7. The third-order valence-corrected chi connectivity index (χ3v) is 4.47. The van der Waals surface area contributed by atoms with Gasteiger partial charge in [-0.25, -0.2) is 4.79 Å². The second-order valence-electron chi connectivity index (χ2n) is 5.98. The molecular formula is C17H17NO6. The van der Waals surface area contributed by atoms with Gasteiger partial charge in [-0.2, -0.15) is 0 Å². The van der Waals surface area contributed by atoms with Gasteiger partial charge < -0.3 is 9.52 Å². The van der Waals surface area contributed by atoms with Crippen molar-refractivity contribution in [1.29, 1.82) is 0 Å². The number of fused-ring (bicyclic) bond motifs is 2. The number of benzene rings is 1. The lowest BCUT2D eigenvalue weighted by Gasteiger charge is -2.21. The lowest BCUT2D eigenvalue weighted by Crippen LogP contribution is -2.16. The number of nitro benzene ring substituents is 1. The summed E-state index contributed by atoms with van der Waals surface area (Å²) >= 11 is 0. The molecular weight excluding hydrogens is 314 g/mol. The summed E-state index contributed by atoms with van der Waals surface area (Å²) in [5.74, 6) is -1.85. The van der Waals surface area contributed by atoms with Crippen LogP contribution in [0.25, 0.3) is 11.0 Å². The van der Waals surface area contributed by atoms with E-state index in [0.717, 1.165) is 36.5 Å². The Bertz CT molecular complexity index is 912. The molecule has 0 radical (unpaired) electrons. The van der Waals surface area contributed by atoms with Crippen LogP contribution in [0.3, 0.4) is 0 Å². The number of hydrogen-bond acceptors (Lipinski definition) is 5. The van der Waals surface area contributed by atoms with Gasteiger partial charge in [0.15, 0.2) is 0 Å². The first-order valence-electron chi connectivity index (χ1n) is 7.97. The minimum Gasteiger partial charge on any atom is -0.475 e. The van der Waals surface area contributed by atoms with Crippen molar-refractivity contribution >= 4 is 22.6 Å². The van der Waals surface area contributed by atoms with Crippen molar-refractivity contribution in [3.8, 4) is 0 Å². The van der Waals surface area contributed by atoms with Gasteiger partial charge in [0.05, 0.1) is 4.92 Å². The zero-order valence-electron chi connectivity index (χ0n) is 13.3. The summed E-state index contributed by atoms with van der Waals surface area (Å²) in [7, 11) is 0. The average molecular weight is 331 g/mol. The van der Waals surface area contributed by atoms with Gasteiger partial charge in [0.1, 0.15) is 11.0 Å². The van der Waals surface area contributed by atoms with E-state index in [0.29, 0.717) is 24.8 Å². The molecule has 0 atom stereocenters. The molecule has 1 aliphatic rings. The van der Waals surface area contributed by atoms with Gasteiger partial charge in [0.2, 0.25) is 11.2 Å². The highest BCUT2D eigenvalue weighted by Crippen LogP contribution is 2.39. The Morgan fingerprint density at radius 2 is 2.00 bits per heavy atom. The summed E-state index contributed by atoms with van der Waals surface area (Å²) in [6, 6.07) is 0.822. The molecule has 1 aromatic carbocycles. The monoisotopic (exact) mass is 331 g/mol. The molecule has 7 nitrogen and oxygen atoms in total. The smallest absolute Gasteiger partial charge is 0.371 e. The number of hydrogen-bond donors (Lipinski definition) is 1. The number of aryl methyl sites for hydroxylation is 1. The van der Waals surface area contributed by atoms with E-state index in [2.05, 4.69) is 0 Å². The molecule has 0 unspecified atom stereocenters. The van der Waals surface area contributed by atoms with Crippen molar-refractivity contribution in [2.24, 2.45) is 0 Å². The molecule has 0 saturated carbocycles. The molecule has 1 heterocycles. The first-order valence-corrected chi connectivity index (χ1v) is 7.97. The minimum absolute atomic E-state index is 0.0640. The molecule has 7 heteroatoms. The first-order chi connectivity index (χ1) is 11.5. The summed E-state index contributed by atoms with van der Waals surface area (Å²) in [4.78, 5) is 34.7. The van der Waals surface area contributed by atoms with Crippen LogP contribution in [-0.4, -0.2) is 16.0 Å².